The first-order valence-electron chi connectivity index (χ1n) is 3.37. The van der Waals surface area contributed by atoms with Gasteiger partial charge in [0.25, 0.3) is 0 Å². The van der Waals surface area contributed by atoms with Crippen molar-refractivity contribution in [2.24, 2.45) is 0 Å². The predicted octanol–water partition coefficient (Wildman–Crippen LogP) is 0.329. The minimum atomic E-state index is 0.701. The van der Waals surface area contributed by atoms with E-state index in [-0.39, 0.29) is 0 Å². The summed E-state index contributed by atoms with van der Waals surface area (Å²) >= 11 is 0. The summed E-state index contributed by atoms with van der Waals surface area (Å²) in [7, 11) is 0. The van der Waals surface area contributed by atoms with E-state index in [4.69, 9.17) is 0 Å². The van der Waals surface area contributed by atoms with Crippen molar-refractivity contribution in [2.75, 3.05) is 0 Å². The maximum atomic E-state index is 4.01. The van der Waals surface area contributed by atoms with Crippen molar-refractivity contribution >= 4 is 0 Å². The standard InChI is InChI=1S/C7H5N5/c1-3-8-5-9-6(1)7-2-4-10-12-11-7/h1-5H. The van der Waals surface area contributed by atoms with Crippen LogP contribution in [0.2, 0.25) is 0 Å². The van der Waals surface area contributed by atoms with Gasteiger partial charge in [0.15, 0.2) is 0 Å². The number of aromatic nitrogens is 5. The zero-order valence-corrected chi connectivity index (χ0v) is 6.12. The van der Waals surface area contributed by atoms with Gasteiger partial charge in [0.05, 0.1) is 11.9 Å². The molecule has 0 unspecified atom stereocenters. The molecule has 0 saturated carbocycles. The maximum absolute atomic E-state index is 4.01. The fraction of sp³-hybridized carbons (Fsp3) is 0. The van der Waals surface area contributed by atoms with Gasteiger partial charge in [0, 0.05) is 6.20 Å². The number of nitrogens with zero attached hydrogens (tertiary/aromatic N) is 5. The molecule has 5 heteroatoms. The van der Waals surface area contributed by atoms with Crippen molar-refractivity contribution in [3.8, 4) is 11.4 Å². The minimum absolute atomic E-state index is 0.701. The van der Waals surface area contributed by atoms with E-state index < -0.39 is 0 Å². The predicted molar refractivity (Wildman–Crippen MR) is 40.9 cm³/mol. The Hall–Kier alpha value is -1.91. The second-order valence-corrected chi connectivity index (χ2v) is 2.10. The van der Waals surface area contributed by atoms with E-state index in [1.165, 1.54) is 6.33 Å². The monoisotopic (exact) mass is 159 g/mol. The summed E-state index contributed by atoms with van der Waals surface area (Å²) in [5.74, 6) is 0. The Bertz CT molecular complexity index is 309. The lowest BCUT2D eigenvalue weighted by molar-refractivity contribution is 0.867. The summed E-state index contributed by atoms with van der Waals surface area (Å²) in [6.45, 7) is 0. The van der Waals surface area contributed by atoms with E-state index in [1.54, 1.807) is 24.5 Å². The third kappa shape index (κ3) is 1.24. The summed E-state index contributed by atoms with van der Waals surface area (Å²) in [5.41, 5.74) is 1.45. The van der Waals surface area contributed by atoms with Gasteiger partial charge in [-0.25, -0.2) is 9.97 Å². The lowest BCUT2D eigenvalue weighted by Gasteiger charge is -1.93. The number of rotatable bonds is 1. The summed E-state index contributed by atoms with van der Waals surface area (Å²) in [6.07, 6.45) is 4.70. The summed E-state index contributed by atoms with van der Waals surface area (Å²) in [6, 6.07) is 3.51. The Balaban J connectivity index is 2.46. The molecule has 0 N–H and O–H groups in total. The Morgan fingerprint density at radius 2 is 1.92 bits per heavy atom. The van der Waals surface area contributed by atoms with Crippen molar-refractivity contribution in [1.82, 2.24) is 25.4 Å². The van der Waals surface area contributed by atoms with E-state index in [0.717, 1.165) is 5.69 Å². The molecule has 2 rings (SSSR count). The SMILES string of the molecule is c1cc(-c2ccnnn2)ncn1. The first-order chi connectivity index (χ1) is 5.97. The molecule has 0 aliphatic heterocycles. The molecule has 5 nitrogen and oxygen atoms in total. The molecule has 0 aliphatic carbocycles. The lowest BCUT2D eigenvalue weighted by atomic mass is 10.3. The highest BCUT2D eigenvalue weighted by atomic mass is 15.3. The van der Waals surface area contributed by atoms with Gasteiger partial charge in [-0.3, -0.25) is 0 Å². The van der Waals surface area contributed by atoms with E-state index in [9.17, 15) is 0 Å². The number of hydrogen-bond acceptors (Lipinski definition) is 5. The maximum Gasteiger partial charge on any atom is 0.116 e. The van der Waals surface area contributed by atoms with Crippen LogP contribution in [0.15, 0.2) is 30.9 Å². The molecule has 0 bridgehead atoms. The summed E-state index contributed by atoms with van der Waals surface area (Å²) in [4.78, 5) is 7.80. The molecule has 0 aromatic carbocycles. The zero-order valence-electron chi connectivity index (χ0n) is 6.12. The highest BCUT2D eigenvalue weighted by molar-refractivity contribution is 5.51. The van der Waals surface area contributed by atoms with Gasteiger partial charge in [-0.05, 0) is 17.3 Å². The van der Waals surface area contributed by atoms with Gasteiger partial charge in [-0.1, -0.05) is 0 Å². The molecule has 0 amide bonds. The highest BCUT2D eigenvalue weighted by Gasteiger charge is 1.97. The second kappa shape index (κ2) is 3.00. The van der Waals surface area contributed by atoms with Gasteiger partial charge in [-0.2, -0.15) is 0 Å². The number of hydrogen-bond donors (Lipinski definition) is 0. The second-order valence-electron chi connectivity index (χ2n) is 2.10. The Morgan fingerprint density at radius 1 is 1.00 bits per heavy atom. The minimum Gasteiger partial charge on any atom is -0.245 e. The first kappa shape index (κ1) is 6.78. The van der Waals surface area contributed by atoms with E-state index in [1.807, 2.05) is 0 Å². The molecule has 0 fully saturated rings. The average molecular weight is 159 g/mol. The third-order valence-corrected chi connectivity index (χ3v) is 1.35. The molecule has 58 valence electrons. The molecule has 2 heterocycles. The fourth-order valence-corrected chi connectivity index (χ4v) is 0.820. The normalized spacial score (nSPS) is 9.67. The average Bonchev–Trinajstić information content (AvgIpc) is 2.21. The first-order valence-corrected chi connectivity index (χ1v) is 3.37. The third-order valence-electron chi connectivity index (χ3n) is 1.35. The summed E-state index contributed by atoms with van der Waals surface area (Å²) < 4.78 is 0. The van der Waals surface area contributed by atoms with Crippen LogP contribution in [-0.4, -0.2) is 25.4 Å². The van der Waals surface area contributed by atoms with Gasteiger partial charge in [0.1, 0.15) is 12.0 Å². The van der Waals surface area contributed by atoms with Crippen LogP contribution in [0, 0.1) is 0 Å². The van der Waals surface area contributed by atoms with Crippen molar-refractivity contribution in [2.45, 2.75) is 0 Å². The summed E-state index contributed by atoms with van der Waals surface area (Å²) in [5, 5.41) is 10.9. The molecule has 0 saturated heterocycles. The van der Waals surface area contributed by atoms with Crippen LogP contribution >= 0.6 is 0 Å². The molecular formula is C7H5N5. The van der Waals surface area contributed by atoms with Crippen LogP contribution in [0.5, 0.6) is 0 Å². The molecule has 12 heavy (non-hydrogen) atoms. The quantitative estimate of drug-likeness (QED) is 0.599. The molecule has 0 atom stereocenters. The van der Waals surface area contributed by atoms with Crippen LogP contribution in [0.25, 0.3) is 11.4 Å². The molecule has 0 spiro atoms. The molecule has 0 radical (unpaired) electrons. The van der Waals surface area contributed by atoms with Gasteiger partial charge < -0.3 is 0 Å². The van der Waals surface area contributed by atoms with Crippen LogP contribution in [0.4, 0.5) is 0 Å². The van der Waals surface area contributed by atoms with Crippen LogP contribution in [0.1, 0.15) is 0 Å². The van der Waals surface area contributed by atoms with Gasteiger partial charge in [0.2, 0.25) is 0 Å². The zero-order chi connectivity index (χ0) is 8.23. The fourth-order valence-electron chi connectivity index (χ4n) is 0.820. The van der Waals surface area contributed by atoms with Crippen molar-refractivity contribution < 1.29 is 0 Å². The highest BCUT2D eigenvalue weighted by Crippen LogP contribution is 2.08. The van der Waals surface area contributed by atoms with E-state index in [2.05, 4.69) is 25.4 Å². The van der Waals surface area contributed by atoms with Gasteiger partial charge in [-0.15, -0.1) is 10.2 Å². The molecule has 2 aromatic heterocycles. The van der Waals surface area contributed by atoms with Crippen molar-refractivity contribution in [3.05, 3.63) is 30.9 Å². The van der Waals surface area contributed by atoms with Crippen LogP contribution in [0.3, 0.4) is 0 Å². The topological polar surface area (TPSA) is 64.5 Å². The molecule has 2 aromatic rings. The Morgan fingerprint density at radius 3 is 2.58 bits per heavy atom. The Kier molecular flexibility index (Phi) is 1.69. The van der Waals surface area contributed by atoms with Crippen LogP contribution in [-0.2, 0) is 0 Å². The smallest absolute Gasteiger partial charge is 0.116 e. The largest absolute Gasteiger partial charge is 0.245 e. The van der Waals surface area contributed by atoms with Gasteiger partial charge >= 0.3 is 0 Å². The van der Waals surface area contributed by atoms with E-state index in [0.29, 0.717) is 5.69 Å². The molecular weight excluding hydrogens is 154 g/mol. The van der Waals surface area contributed by atoms with Crippen LogP contribution < -0.4 is 0 Å². The van der Waals surface area contributed by atoms with Crippen molar-refractivity contribution in [3.63, 3.8) is 0 Å². The Labute approximate surface area is 68.5 Å². The lowest BCUT2D eigenvalue weighted by Crippen LogP contribution is -1.91. The molecule has 0 aliphatic rings. The van der Waals surface area contributed by atoms with Crippen molar-refractivity contribution in [1.29, 1.82) is 0 Å². The van der Waals surface area contributed by atoms with E-state index >= 15 is 0 Å².